The molecular weight excluding hydrogens is 541 g/mol. The minimum atomic E-state index is -5.16. The predicted molar refractivity (Wildman–Crippen MR) is 132 cm³/mol. The van der Waals surface area contributed by atoms with Crippen LogP contribution in [0.15, 0.2) is 0 Å². The summed E-state index contributed by atoms with van der Waals surface area (Å²) in [6, 6.07) is 0. The number of carbonyl (C=O) groups is 4. The Bertz CT molecular complexity index is 1150. The number of ether oxygens (including phenoxy) is 1. The van der Waals surface area contributed by atoms with Gasteiger partial charge < -0.3 is 4.74 Å². The van der Waals surface area contributed by atoms with E-state index < -0.39 is 46.0 Å². The summed E-state index contributed by atoms with van der Waals surface area (Å²) in [4.78, 5) is 51.6. The Morgan fingerprint density at radius 2 is 1.77 bits per heavy atom. The first kappa shape index (κ1) is 30.1. The zero-order chi connectivity index (χ0) is 29.1. The first-order valence-corrected chi connectivity index (χ1v) is 15.3. The van der Waals surface area contributed by atoms with Gasteiger partial charge in [-0.1, -0.05) is 20.8 Å². The van der Waals surface area contributed by atoms with Crippen LogP contribution in [-0.2, 0) is 34.0 Å². The van der Waals surface area contributed by atoms with Crippen LogP contribution in [0, 0.1) is 46.3 Å². The Balaban J connectivity index is 1.45. The van der Waals surface area contributed by atoms with Crippen molar-refractivity contribution in [3.05, 3.63) is 0 Å². The molecule has 4 saturated carbocycles. The molecule has 39 heavy (non-hydrogen) atoms. The van der Waals surface area contributed by atoms with Gasteiger partial charge in [-0.05, 0) is 60.7 Å². The molecule has 0 bridgehead atoms. The van der Waals surface area contributed by atoms with E-state index in [1.165, 1.54) is 0 Å². The molecule has 4 aliphatic carbocycles. The number of hydrogen-bond donors (Lipinski definition) is 1. The zero-order valence-corrected chi connectivity index (χ0v) is 23.3. The smallest absolute Gasteiger partial charge is 0.426 e. The van der Waals surface area contributed by atoms with Crippen LogP contribution in [0.3, 0.4) is 0 Å². The van der Waals surface area contributed by atoms with Crippen LogP contribution < -0.4 is 0 Å². The molecule has 12 heteroatoms. The van der Waals surface area contributed by atoms with Gasteiger partial charge >= 0.3 is 12.1 Å². The maximum atomic E-state index is 13.8. The van der Waals surface area contributed by atoms with Crippen LogP contribution in [0.2, 0.25) is 0 Å². The van der Waals surface area contributed by atoms with Crippen LogP contribution in [0.4, 0.5) is 13.2 Å². The Kier molecular flexibility index (Phi) is 7.90. The third-order valence-corrected chi connectivity index (χ3v) is 11.4. The van der Waals surface area contributed by atoms with Crippen molar-refractivity contribution in [2.24, 2.45) is 46.3 Å². The molecule has 4 rings (SSSR count). The second kappa shape index (κ2) is 10.2. The summed E-state index contributed by atoms with van der Waals surface area (Å²) in [5.41, 5.74) is -1.04. The van der Waals surface area contributed by atoms with E-state index in [2.05, 4.69) is 11.7 Å². The molecular formula is C27H37F3O8S. The van der Waals surface area contributed by atoms with Gasteiger partial charge in [-0.3, -0.25) is 23.7 Å². The summed E-state index contributed by atoms with van der Waals surface area (Å²) < 4.78 is 74.4. The molecule has 220 valence electrons. The third kappa shape index (κ3) is 5.56. The highest BCUT2D eigenvalue weighted by Gasteiger charge is 2.66. The van der Waals surface area contributed by atoms with E-state index in [-0.39, 0.29) is 71.1 Å². The second-order valence-electron chi connectivity index (χ2n) is 12.7. The summed E-state index contributed by atoms with van der Waals surface area (Å²) in [7, 11) is -5.03. The Hall–Kier alpha value is -1.82. The zero-order valence-electron chi connectivity index (χ0n) is 22.5. The van der Waals surface area contributed by atoms with Crippen LogP contribution in [0.25, 0.3) is 0 Å². The Morgan fingerprint density at radius 3 is 2.38 bits per heavy atom. The van der Waals surface area contributed by atoms with E-state index in [0.29, 0.717) is 38.5 Å². The van der Waals surface area contributed by atoms with Gasteiger partial charge in [-0.25, -0.2) is 0 Å². The number of fused-ring (bicyclic) bond motifs is 5. The normalized spacial score (nSPS) is 38.4. The van der Waals surface area contributed by atoms with E-state index in [4.69, 9.17) is 4.55 Å². The summed E-state index contributed by atoms with van der Waals surface area (Å²) >= 11 is 0. The number of carbonyl (C=O) groups excluding carboxylic acids is 4. The van der Waals surface area contributed by atoms with Crippen molar-refractivity contribution in [2.45, 2.75) is 90.8 Å². The highest BCUT2D eigenvalue weighted by atomic mass is 32.2. The molecule has 8 nitrogen and oxygen atoms in total. The molecule has 0 amide bonds. The topological polar surface area (TPSA) is 132 Å². The molecule has 0 aromatic rings. The molecule has 0 aromatic carbocycles. The first-order chi connectivity index (χ1) is 17.9. The quantitative estimate of drug-likeness (QED) is 0.348. The van der Waals surface area contributed by atoms with Crippen molar-refractivity contribution < 1.29 is 50.1 Å². The van der Waals surface area contributed by atoms with Crippen molar-refractivity contribution in [2.75, 3.05) is 5.75 Å². The lowest BCUT2D eigenvalue weighted by molar-refractivity contribution is -0.215. The van der Waals surface area contributed by atoms with Crippen molar-refractivity contribution in [1.82, 2.24) is 0 Å². The van der Waals surface area contributed by atoms with Crippen LogP contribution >= 0.6 is 0 Å². The summed E-state index contributed by atoms with van der Waals surface area (Å²) in [5.74, 6) is -3.63. The number of halogens is 3. The molecule has 0 saturated heterocycles. The predicted octanol–water partition coefficient (Wildman–Crippen LogP) is 4.35. The molecule has 4 aliphatic rings. The fraction of sp³-hybridized carbons (Fsp3) is 0.852. The second-order valence-corrected chi connectivity index (χ2v) is 14.2. The van der Waals surface area contributed by atoms with Gasteiger partial charge in [0.1, 0.15) is 23.1 Å². The molecule has 0 aromatic heterocycles. The highest BCUT2D eigenvalue weighted by molar-refractivity contribution is 7.85. The van der Waals surface area contributed by atoms with Gasteiger partial charge in [0.25, 0.3) is 10.1 Å². The maximum Gasteiger partial charge on any atom is 0.426 e. The largest absolute Gasteiger partial charge is 0.451 e. The molecule has 0 aliphatic heterocycles. The van der Waals surface area contributed by atoms with Crippen molar-refractivity contribution in [3.63, 3.8) is 0 Å². The molecule has 4 fully saturated rings. The van der Waals surface area contributed by atoms with E-state index in [9.17, 15) is 40.8 Å². The standard InChI is InChI=1S/C27H37F3O8S/c1-14(4-7-23(34)38-22(27(28,29)30)13-39(35,36)37)17-5-6-18-24-19(12-21(33)26(17,18)3)25(2)9-8-16(31)10-15(25)11-20(24)32/h14-15,17-19,22,24H,4-13H2,1-3H3,(H,35,36,37)/t14?,15-,17-,18+,19+,22?,24-,25-,26+/m0/s1. The number of rotatable bonds is 7. The van der Waals surface area contributed by atoms with Crippen LogP contribution in [-0.4, -0.2) is 54.3 Å². The average Bonchev–Trinajstić information content (AvgIpc) is 3.16. The summed E-state index contributed by atoms with van der Waals surface area (Å²) in [6.45, 7) is 5.85. The number of alkyl halides is 3. The fourth-order valence-electron chi connectivity index (χ4n) is 8.54. The number of esters is 1. The van der Waals surface area contributed by atoms with Crippen molar-refractivity contribution >= 4 is 33.4 Å². The molecule has 2 unspecified atom stereocenters. The average molecular weight is 579 g/mol. The number of Topliss-reactive ketones (excluding diaryl/α,β-unsaturated/α-hetero) is 3. The monoisotopic (exact) mass is 578 g/mol. The van der Waals surface area contributed by atoms with Crippen LogP contribution in [0.1, 0.15) is 78.6 Å². The van der Waals surface area contributed by atoms with E-state index >= 15 is 0 Å². The van der Waals surface area contributed by atoms with Crippen molar-refractivity contribution in [1.29, 1.82) is 0 Å². The van der Waals surface area contributed by atoms with Gasteiger partial charge in [-0.2, -0.15) is 21.6 Å². The van der Waals surface area contributed by atoms with Crippen molar-refractivity contribution in [3.8, 4) is 0 Å². The SMILES string of the molecule is CC(CCC(=O)OC(CS(=O)(=O)O)C(F)(F)F)[C@@H]1CC[C@@H]2[C@@H]3C(=O)C[C@@H]4CC(=O)CC[C@]4(C)[C@@H]3CC(=O)[C@@]21C. The highest BCUT2D eigenvalue weighted by Crippen LogP contribution is 2.66. The van der Waals surface area contributed by atoms with Gasteiger partial charge in [0, 0.05) is 43.4 Å². The Labute approximate surface area is 226 Å². The third-order valence-electron chi connectivity index (χ3n) is 10.7. The molecule has 0 radical (unpaired) electrons. The summed E-state index contributed by atoms with van der Waals surface area (Å²) in [6.07, 6.45) is -4.97. The first-order valence-electron chi connectivity index (χ1n) is 13.7. The molecule has 0 spiro atoms. The van der Waals surface area contributed by atoms with Gasteiger partial charge in [-0.15, -0.1) is 0 Å². The lowest BCUT2D eigenvalue weighted by atomic mass is 9.44. The molecule has 1 N–H and O–H groups in total. The van der Waals surface area contributed by atoms with Gasteiger partial charge in [0.15, 0.2) is 0 Å². The molecule has 9 atom stereocenters. The summed E-state index contributed by atoms with van der Waals surface area (Å²) in [5, 5.41) is 0. The fourth-order valence-corrected chi connectivity index (χ4v) is 9.18. The lowest BCUT2D eigenvalue weighted by Gasteiger charge is -2.58. The van der Waals surface area contributed by atoms with E-state index in [0.717, 1.165) is 0 Å². The van der Waals surface area contributed by atoms with Gasteiger partial charge in [0.2, 0.25) is 6.10 Å². The number of hydrogen-bond acceptors (Lipinski definition) is 7. The minimum Gasteiger partial charge on any atom is -0.451 e. The van der Waals surface area contributed by atoms with E-state index in [1.807, 2.05) is 13.8 Å². The lowest BCUT2D eigenvalue weighted by Crippen LogP contribution is -2.60. The van der Waals surface area contributed by atoms with E-state index in [1.54, 1.807) is 0 Å². The number of ketones is 3. The van der Waals surface area contributed by atoms with Crippen LogP contribution in [0.5, 0.6) is 0 Å². The van der Waals surface area contributed by atoms with Gasteiger partial charge in [0.05, 0.1) is 0 Å². The maximum absolute atomic E-state index is 13.8. The minimum absolute atomic E-state index is 0.0341. The Morgan fingerprint density at radius 1 is 1.10 bits per heavy atom. The molecule has 0 heterocycles.